The van der Waals surface area contributed by atoms with Gasteiger partial charge >= 0.3 is 0 Å². The fourth-order valence-corrected chi connectivity index (χ4v) is 3.84. The van der Waals surface area contributed by atoms with Gasteiger partial charge in [-0.05, 0) is 43.3 Å². The molecule has 3 rings (SSSR count). The number of carbonyl (C=O) groups excluding carboxylic acids is 3. The van der Waals surface area contributed by atoms with Crippen LogP contribution in [0.25, 0.3) is 0 Å². The van der Waals surface area contributed by atoms with Gasteiger partial charge in [-0.2, -0.15) is 0 Å². The number of amides is 3. The maximum Gasteiger partial charge on any atom is 0.270 e. The third kappa shape index (κ3) is 6.17. The molecular weight excluding hydrogens is 444 g/mol. The molecule has 0 bridgehead atoms. The summed E-state index contributed by atoms with van der Waals surface area (Å²) in [5, 5.41) is 15.8. The van der Waals surface area contributed by atoms with Gasteiger partial charge in [-0.3, -0.25) is 24.5 Å². The second-order valence-corrected chi connectivity index (χ2v) is 8.36. The summed E-state index contributed by atoms with van der Waals surface area (Å²) < 4.78 is 0. The molecule has 0 fully saturated rings. The Kier molecular flexibility index (Phi) is 7.42. The van der Waals surface area contributed by atoms with E-state index in [0.29, 0.717) is 11.4 Å². The Hall–Kier alpha value is -4.18. The van der Waals surface area contributed by atoms with Crippen molar-refractivity contribution in [3.63, 3.8) is 0 Å². The van der Waals surface area contributed by atoms with Crippen molar-refractivity contribution in [1.29, 1.82) is 0 Å². The average molecular weight is 465 g/mol. The van der Waals surface area contributed by atoms with Crippen LogP contribution in [0.2, 0.25) is 0 Å². The number of nitrogens with zero attached hydrogens (tertiary/aromatic N) is 1. The lowest BCUT2D eigenvalue weighted by atomic mass is 10.1. The number of hydrogen-bond acceptors (Lipinski definition) is 6. The molecule has 0 heterocycles. The molecule has 10 heteroatoms. The Labute approximate surface area is 193 Å². The zero-order valence-electron chi connectivity index (χ0n) is 17.5. The van der Waals surface area contributed by atoms with Gasteiger partial charge < -0.3 is 16.4 Å². The first-order chi connectivity index (χ1) is 15.7. The van der Waals surface area contributed by atoms with Gasteiger partial charge in [0.05, 0.1) is 21.4 Å². The average Bonchev–Trinajstić information content (AvgIpc) is 2.79. The van der Waals surface area contributed by atoms with Crippen molar-refractivity contribution < 1.29 is 19.3 Å². The SMILES string of the molecule is CC(Sc1cccc(NC(=O)c2cccc([N+](=O)[O-])c2)c1)C(=O)Nc1ccccc1C(N)=O. The van der Waals surface area contributed by atoms with Gasteiger partial charge in [0, 0.05) is 28.3 Å². The topological polar surface area (TPSA) is 144 Å². The van der Waals surface area contributed by atoms with Crippen molar-refractivity contribution in [3.8, 4) is 0 Å². The van der Waals surface area contributed by atoms with E-state index >= 15 is 0 Å². The summed E-state index contributed by atoms with van der Waals surface area (Å²) in [5.74, 6) is -1.45. The molecule has 0 aromatic heterocycles. The first kappa shape index (κ1) is 23.5. The molecule has 0 radical (unpaired) electrons. The number of thioether (sulfide) groups is 1. The van der Waals surface area contributed by atoms with Crippen LogP contribution in [-0.4, -0.2) is 27.9 Å². The molecule has 33 heavy (non-hydrogen) atoms. The first-order valence-corrected chi connectivity index (χ1v) is 10.6. The summed E-state index contributed by atoms with van der Waals surface area (Å²) in [6, 6.07) is 18.8. The van der Waals surface area contributed by atoms with E-state index in [2.05, 4.69) is 10.6 Å². The number of para-hydroxylation sites is 1. The largest absolute Gasteiger partial charge is 0.366 e. The molecule has 3 aromatic rings. The van der Waals surface area contributed by atoms with E-state index in [1.54, 1.807) is 49.4 Å². The first-order valence-electron chi connectivity index (χ1n) is 9.77. The second kappa shape index (κ2) is 10.4. The van der Waals surface area contributed by atoms with Crippen LogP contribution in [0.1, 0.15) is 27.6 Å². The van der Waals surface area contributed by atoms with Gasteiger partial charge in [-0.1, -0.05) is 24.3 Å². The van der Waals surface area contributed by atoms with Crippen LogP contribution in [-0.2, 0) is 4.79 Å². The predicted molar refractivity (Wildman–Crippen MR) is 126 cm³/mol. The van der Waals surface area contributed by atoms with Crippen LogP contribution < -0.4 is 16.4 Å². The minimum absolute atomic E-state index is 0.156. The van der Waals surface area contributed by atoms with Crippen molar-refractivity contribution in [1.82, 2.24) is 0 Å². The van der Waals surface area contributed by atoms with E-state index in [9.17, 15) is 24.5 Å². The van der Waals surface area contributed by atoms with E-state index in [4.69, 9.17) is 5.73 Å². The number of benzene rings is 3. The maximum absolute atomic E-state index is 12.6. The third-order valence-corrected chi connectivity index (χ3v) is 5.64. The molecule has 1 atom stereocenters. The molecular formula is C23H20N4O5S. The zero-order chi connectivity index (χ0) is 24.0. The summed E-state index contributed by atoms with van der Waals surface area (Å²) in [6.07, 6.45) is 0. The highest BCUT2D eigenvalue weighted by atomic mass is 32.2. The molecule has 168 valence electrons. The molecule has 0 spiro atoms. The van der Waals surface area contributed by atoms with Crippen molar-refractivity contribution in [2.45, 2.75) is 17.1 Å². The minimum Gasteiger partial charge on any atom is -0.366 e. The number of primary amides is 1. The van der Waals surface area contributed by atoms with Crippen LogP contribution in [0.3, 0.4) is 0 Å². The van der Waals surface area contributed by atoms with Crippen molar-refractivity contribution in [2.24, 2.45) is 5.73 Å². The monoisotopic (exact) mass is 464 g/mol. The maximum atomic E-state index is 12.6. The number of nitrogens with two attached hydrogens (primary N) is 1. The predicted octanol–water partition coefficient (Wildman–Crippen LogP) is 4.07. The minimum atomic E-state index is -0.640. The Morgan fingerprint density at radius 3 is 2.42 bits per heavy atom. The molecule has 0 aliphatic heterocycles. The molecule has 0 saturated carbocycles. The molecule has 4 N–H and O–H groups in total. The standard InChI is InChI=1S/C23H20N4O5S/c1-14(22(29)26-20-11-3-2-10-19(20)21(24)28)33-18-9-5-7-16(13-18)25-23(30)15-6-4-8-17(12-15)27(31)32/h2-14H,1H3,(H2,24,28)(H,25,30)(H,26,29). The second-order valence-electron chi connectivity index (χ2n) is 6.95. The summed E-state index contributed by atoms with van der Waals surface area (Å²) in [6.45, 7) is 1.71. The van der Waals surface area contributed by atoms with Gasteiger partial charge in [0.1, 0.15) is 0 Å². The Morgan fingerprint density at radius 1 is 0.970 bits per heavy atom. The Balaban J connectivity index is 1.66. The molecule has 3 amide bonds. The number of carbonyl (C=O) groups is 3. The van der Waals surface area contributed by atoms with Gasteiger partial charge in [0.15, 0.2) is 0 Å². The molecule has 0 aliphatic carbocycles. The number of nitrogens with one attached hydrogen (secondary N) is 2. The normalized spacial score (nSPS) is 11.3. The van der Waals surface area contributed by atoms with Crippen LogP contribution >= 0.6 is 11.8 Å². The molecule has 0 saturated heterocycles. The van der Waals surface area contributed by atoms with Crippen LogP contribution in [0.5, 0.6) is 0 Å². The number of hydrogen-bond donors (Lipinski definition) is 3. The number of non-ortho nitro benzene ring substituents is 1. The summed E-state index contributed by atoms with van der Waals surface area (Å²) in [5.41, 5.74) is 6.35. The fourth-order valence-electron chi connectivity index (χ4n) is 2.91. The van der Waals surface area contributed by atoms with Gasteiger partial charge in [-0.25, -0.2) is 0 Å². The number of nitro benzene ring substituents is 1. The summed E-state index contributed by atoms with van der Waals surface area (Å²) in [4.78, 5) is 47.7. The number of nitro groups is 1. The van der Waals surface area contributed by atoms with Gasteiger partial charge in [-0.15, -0.1) is 11.8 Å². The smallest absolute Gasteiger partial charge is 0.270 e. The van der Waals surface area contributed by atoms with E-state index in [-0.39, 0.29) is 22.7 Å². The van der Waals surface area contributed by atoms with E-state index < -0.39 is 22.0 Å². The highest BCUT2D eigenvalue weighted by molar-refractivity contribution is 8.00. The summed E-state index contributed by atoms with van der Waals surface area (Å²) >= 11 is 1.26. The number of anilines is 2. The van der Waals surface area contributed by atoms with Gasteiger partial charge in [0.25, 0.3) is 17.5 Å². The van der Waals surface area contributed by atoms with Crippen LogP contribution in [0.4, 0.5) is 17.1 Å². The lowest BCUT2D eigenvalue weighted by Crippen LogP contribution is -2.24. The molecule has 1 unspecified atom stereocenters. The van der Waals surface area contributed by atoms with Crippen LogP contribution in [0, 0.1) is 10.1 Å². The molecule has 9 nitrogen and oxygen atoms in total. The molecule has 0 aliphatic rings. The Morgan fingerprint density at radius 2 is 1.70 bits per heavy atom. The highest BCUT2D eigenvalue weighted by Crippen LogP contribution is 2.27. The molecule has 3 aromatic carbocycles. The highest BCUT2D eigenvalue weighted by Gasteiger charge is 2.18. The van der Waals surface area contributed by atoms with Crippen molar-refractivity contribution in [3.05, 3.63) is 94.0 Å². The quantitative estimate of drug-likeness (QED) is 0.260. The summed E-state index contributed by atoms with van der Waals surface area (Å²) in [7, 11) is 0. The third-order valence-electron chi connectivity index (χ3n) is 4.54. The lowest BCUT2D eigenvalue weighted by molar-refractivity contribution is -0.384. The van der Waals surface area contributed by atoms with Gasteiger partial charge in [0.2, 0.25) is 5.91 Å². The van der Waals surface area contributed by atoms with Crippen molar-refractivity contribution >= 4 is 46.5 Å². The fraction of sp³-hybridized carbons (Fsp3) is 0.0870. The number of rotatable bonds is 8. The van der Waals surface area contributed by atoms with E-state index in [1.807, 2.05) is 0 Å². The van der Waals surface area contributed by atoms with Crippen LogP contribution in [0.15, 0.2) is 77.7 Å². The van der Waals surface area contributed by atoms with E-state index in [1.165, 1.54) is 42.1 Å². The lowest BCUT2D eigenvalue weighted by Gasteiger charge is -2.14. The van der Waals surface area contributed by atoms with E-state index in [0.717, 1.165) is 4.90 Å². The van der Waals surface area contributed by atoms with Crippen molar-refractivity contribution in [2.75, 3.05) is 10.6 Å². The Bertz CT molecular complexity index is 1230. The zero-order valence-corrected chi connectivity index (χ0v) is 18.3.